The Labute approximate surface area is 226 Å². The van der Waals surface area contributed by atoms with Crippen molar-refractivity contribution in [2.75, 3.05) is 39.5 Å². The van der Waals surface area contributed by atoms with E-state index in [1.54, 1.807) is 0 Å². The Morgan fingerprint density at radius 1 is 0.538 bits per heavy atom. The minimum Gasteiger partial charge on any atom is -0.460 e. The third-order valence-electron chi connectivity index (χ3n) is 4.67. The predicted molar refractivity (Wildman–Crippen MR) is 141 cm³/mol. The molecule has 3 amide bonds. The van der Waals surface area contributed by atoms with Crippen LogP contribution in [-0.4, -0.2) is 75.1 Å². The molecule has 0 fully saturated rings. The molecule has 0 aliphatic carbocycles. The van der Waals surface area contributed by atoms with Gasteiger partial charge in [-0.3, -0.25) is 14.4 Å². The van der Waals surface area contributed by atoms with Gasteiger partial charge in [0.1, 0.15) is 19.8 Å². The summed E-state index contributed by atoms with van der Waals surface area (Å²) < 4.78 is 15.4. The molecule has 0 aliphatic heterocycles. The number of benzene rings is 1. The molecule has 0 saturated carbocycles. The highest BCUT2D eigenvalue weighted by molar-refractivity contribution is 6.00. The number of hydrogen-bond donors (Lipinski definition) is 3. The SMILES string of the molecule is C=C(C)C(=O)NCCOC(=O)c1cc(C(=O)OCCNC(=O)C(=C)C)cc(C(=O)OCCNC(=O)C(=C)C)c1. The molecule has 0 heterocycles. The van der Waals surface area contributed by atoms with Gasteiger partial charge in [0.2, 0.25) is 17.7 Å². The first-order valence-electron chi connectivity index (χ1n) is 11.8. The lowest BCUT2D eigenvalue weighted by atomic mass is 10.1. The van der Waals surface area contributed by atoms with Gasteiger partial charge in [-0.05, 0) is 39.0 Å². The highest BCUT2D eigenvalue weighted by atomic mass is 16.5. The van der Waals surface area contributed by atoms with Crippen LogP contribution in [0.2, 0.25) is 0 Å². The Hall–Kier alpha value is -4.74. The van der Waals surface area contributed by atoms with Crippen LogP contribution in [0.3, 0.4) is 0 Å². The minimum absolute atomic E-state index is 0.0138. The van der Waals surface area contributed by atoms with Crippen molar-refractivity contribution in [2.45, 2.75) is 20.8 Å². The highest BCUT2D eigenvalue weighted by Crippen LogP contribution is 2.15. The van der Waals surface area contributed by atoms with E-state index in [0.29, 0.717) is 0 Å². The molecule has 39 heavy (non-hydrogen) atoms. The van der Waals surface area contributed by atoms with E-state index < -0.39 is 35.6 Å². The van der Waals surface area contributed by atoms with Crippen LogP contribution in [-0.2, 0) is 28.6 Å². The molecule has 0 atom stereocenters. The summed E-state index contributed by atoms with van der Waals surface area (Å²) in [5.74, 6) is -3.82. The number of ether oxygens (including phenoxy) is 3. The van der Waals surface area contributed by atoms with E-state index in [1.165, 1.54) is 39.0 Å². The third kappa shape index (κ3) is 11.9. The number of nitrogens with one attached hydrogen (secondary N) is 3. The minimum atomic E-state index is -0.870. The molecule has 12 nitrogen and oxygen atoms in total. The van der Waals surface area contributed by atoms with E-state index in [4.69, 9.17) is 14.2 Å². The van der Waals surface area contributed by atoms with Crippen molar-refractivity contribution in [3.05, 3.63) is 71.3 Å². The smallest absolute Gasteiger partial charge is 0.338 e. The summed E-state index contributed by atoms with van der Waals surface area (Å²) in [5.41, 5.74) is 0.425. The normalized spacial score (nSPS) is 9.92. The first-order chi connectivity index (χ1) is 18.3. The van der Waals surface area contributed by atoms with Gasteiger partial charge < -0.3 is 30.2 Å². The van der Waals surface area contributed by atoms with E-state index in [9.17, 15) is 28.8 Å². The topological polar surface area (TPSA) is 166 Å². The van der Waals surface area contributed by atoms with Crippen molar-refractivity contribution < 1.29 is 43.0 Å². The lowest BCUT2D eigenvalue weighted by Gasteiger charge is -2.11. The zero-order valence-electron chi connectivity index (χ0n) is 22.3. The summed E-state index contributed by atoms with van der Waals surface area (Å²) in [6.07, 6.45) is 0. The summed E-state index contributed by atoms with van der Waals surface area (Å²) in [7, 11) is 0. The first-order valence-corrected chi connectivity index (χ1v) is 11.8. The summed E-state index contributed by atoms with van der Waals surface area (Å²) in [4.78, 5) is 72.4. The van der Waals surface area contributed by atoms with Crippen LogP contribution in [0, 0.1) is 0 Å². The van der Waals surface area contributed by atoms with Crippen molar-refractivity contribution in [1.29, 1.82) is 0 Å². The maximum absolute atomic E-state index is 12.6. The Kier molecular flexibility index (Phi) is 13.4. The van der Waals surface area contributed by atoms with E-state index in [-0.39, 0.29) is 72.9 Å². The molecular weight excluding hydrogens is 510 g/mol. The summed E-state index contributed by atoms with van der Waals surface area (Å²) in [6, 6.07) is 3.52. The molecule has 0 unspecified atom stereocenters. The summed E-state index contributed by atoms with van der Waals surface area (Å²) in [6.45, 7) is 14.6. The van der Waals surface area contributed by atoms with Gasteiger partial charge >= 0.3 is 17.9 Å². The van der Waals surface area contributed by atoms with Gasteiger partial charge in [-0.1, -0.05) is 19.7 Å². The second-order valence-electron chi connectivity index (χ2n) is 8.32. The van der Waals surface area contributed by atoms with Crippen molar-refractivity contribution in [2.24, 2.45) is 0 Å². The molecule has 0 radical (unpaired) electrons. The van der Waals surface area contributed by atoms with Gasteiger partial charge in [0.05, 0.1) is 36.3 Å². The molecule has 0 aromatic heterocycles. The van der Waals surface area contributed by atoms with E-state index in [0.717, 1.165) is 0 Å². The molecule has 3 N–H and O–H groups in total. The molecule has 0 bridgehead atoms. The summed E-state index contributed by atoms with van der Waals surface area (Å²) >= 11 is 0. The third-order valence-corrected chi connectivity index (χ3v) is 4.67. The van der Waals surface area contributed by atoms with E-state index in [1.807, 2.05) is 0 Å². The van der Waals surface area contributed by atoms with Gasteiger partial charge in [-0.15, -0.1) is 0 Å². The number of amides is 3. The molecule has 1 aromatic carbocycles. The zero-order valence-corrected chi connectivity index (χ0v) is 22.3. The standard InChI is InChI=1S/C27H33N3O9/c1-16(2)22(31)28-7-10-37-25(34)19-13-20(26(35)38-11-8-29-23(32)17(3)4)15-21(14-19)27(36)39-12-9-30-24(33)18(5)6/h13-15H,1,3,5,7-12H2,2,4,6H3,(H,28,31)(H,29,32)(H,30,33). The Balaban J connectivity index is 2.94. The molecule has 1 aromatic rings. The Bertz CT molecular complexity index is 1020. The molecule has 0 aliphatic rings. The van der Waals surface area contributed by atoms with Crippen molar-refractivity contribution in [1.82, 2.24) is 16.0 Å². The van der Waals surface area contributed by atoms with Crippen LogP contribution in [0.5, 0.6) is 0 Å². The largest absolute Gasteiger partial charge is 0.460 e. The first kappa shape index (κ1) is 32.3. The lowest BCUT2D eigenvalue weighted by Crippen LogP contribution is -2.29. The fraction of sp³-hybridized carbons (Fsp3) is 0.333. The fourth-order valence-electron chi connectivity index (χ4n) is 2.61. The average Bonchev–Trinajstić information content (AvgIpc) is 2.89. The molecule has 0 saturated heterocycles. The Morgan fingerprint density at radius 3 is 0.974 bits per heavy atom. The quantitative estimate of drug-likeness (QED) is 0.128. The second kappa shape index (κ2) is 16.2. The number of carbonyl (C=O) groups is 6. The maximum atomic E-state index is 12.6. The van der Waals surface area contributed by atoms with Crippen LogP contribution in [0.1, 0.15) is 51.8 Å². The van der Waals surface area contributed by atoms with Crippen molar-refractivity contribution >= 4 is 35.6 Å². The zero-order chi connectivity index (χ0) is 29.5. The van der Waals surface area contributed by atoms with Gasteiger partial charge in [-0.2, -0.15) is 0 Å². The number of carbonyl (C=O) groups excluding carboxylic acids is 6. The lowest BCUT2D eigenvalue weighted by molar-refractivity contribution is -0.118. The Morgan fingerprint density at radius 2 is 0.769 bits per heavy atom. The van der Waals surface area contributed by atoms with Crippen LogP contribution >= 0.6 is 0 Å². The van der Waals surface area contributed by atoms with Gasteiger partial charge in [0.15, 0.2) is 0 Å². The van der Waals surface area contributed by atoms with E-state index >= 15 is 0 Å². The van der Waals surface area contributed by atoms with Crippen molar-refractivity contribution in [3.63, 3.8) is 0 Å². The predicted octanol–water partition coefficient (Wildman–Crippen LogP) is 1.23. The van der Waals surface area contributed by atoms with Crippen LogP contribution in [0.4, 0.5) is 0 Å². The van der Waals surface area contributed by atoms with Gasteiger partial charge in [-0.25, -0.2) is 14.4 Å². The van der Waals surface area contributed by atoms with Crippen LogP contribution in [0.15, 0.2) is 54.7 Å². The van der Waals surface area contributed by atoms with Gasteiger partial charge in [0.25, 0.3) is 0 Å². The molecule has 210 valence electrons. The average molecular weight is 544 g/mol. The maximum Gasteiger partial charge on any atom is 0.338 e. The number of hydrogen-bond acceptors (Lipinski definition) is 9. The number of esters is 3. The summed E-state index contributed by atoms with van der Waals surface area (Å²) in [5, 5.41) is 7.50. The number of rotatable bonds is 15. The second-order valence-corrected chi connectivity index (χ2v) is 8.32. The van der Waals surface area contributed by atoms with Crippen LogP contribution < -0.4 is 16.0 Å². The fourth-order valence-corrected chi connectivity index (χ4v) is 2.61. The molecule has 1 rings (SSSR count). The monoisotopic (exact) mass is 543 g/mol. The van der Waals surface area contributed by atoms with Crippen LogP contribution in [0.25, 0.3) is 0 Å². The molecule has 0 spiro atoms. The van der Waals surface area contributed by atoms with Crippen molar-refractivity contribution in [3.8, 4) is 0 Å². The van der Waals surface area contributed by atoms with Gasteiger partial charge in [0, 0.05) is 16.7 Å². The van der Waals surface area contributed by atoms with E-state index in [2.05, 4.69) is 35.7 Å². The molecule has 12 heteroatoms. The molecular formula is C27H33N3O9. The highest BCUT2D eigenvalue weighted by Gasteiger charge is 2.19.